The molecule has 2 aromatic rings. The highest BCUT2D eigenvalue weighted by Crippen LogP contribution is 2.24. The molecule has 0 fully saturated rings. The fourth-order valence-electron chi connectivity index (χ4n) is 2.27. The molecular formula is C21H25F. The quantitative estimate of drug-likeness (QED) is 0.567. The maximum Gasteiger partial charge on any atom is 0.142 e. The molecule has 0 atom stereocenters. The summed E-state index contributed by atoms with van der Waals surface area (Å²) in [5.74, 6) is 5.95. The summed E-state index contributed by atoms with van der Waals surface area (Å²) in [6.45, 7) is 12.0. The SMILES string of the molecule is CC.Cc1ccc(C#Cc2ccc(C)c(C(C)C)c2F)cc1. The number of hydrogen-bond acceptors (Lipinski definition) is 0. The van der Waals surface area contributed by atoms with Crippen molar-refractivity contribution in [3.05, 3.63) is 70.0 Å². The summed E-state index contributed by atoms with van der Waals surface area (Å²) in [4.78, 5) is 0. The molecule has 22 heavy (non-hydrogen) atoms. The molecule has 2 aromatic carbocycles. The summed E-state index contributed by atoms with van der Waals surface area (Å²) in [6, 6.07) is 11.6. The Kier molecular flexibility index (Phi) is 6.86. The van der Waals surface area contributed by atoms with Crippen molar-refractivity contribution in [1.82, 2.24) is 0 Å². The van der Waals surface area contributed by atoms with Crippen molar-refractivity contribution in [1.29, 1.82) is 0 Å². The minimum absolute atomic E-state index is 0.163. The van der Waals surface area contributed by atoms with Gasteiger partial charge in [-0.3, -0.25) is 0 Å². The predicted molar refractivity (Wildman–Crippen MR) is 93.7 cm³/mol. The van der Waals surface area contributed by atoms with E-state index >= 15 is 0 Å². The van der Waals surface area contributed by atoms with Crippen molar-refractivity contribution in [2.24, 2.45) is 0 Å². The number of aryl methyl sites for hydroxylation is 2. The first-order valence-corrected chi connectivity index (χ1v) is 7.86. The molecule has 2 rings (SSSR count). The van der Waals surface area contributed by atoms with Crippen LogP contribution in [-0.2, 0) is 0 Å². The van der Waals surface area contributed by atoms with Crippen molar-refractivity contribution < 1.29 is 4.39 Å². The Morgan fingerprint density at radius 3 is 2.00 bits per heavy atom. The van der Waals surface area contributed by atoms with Gasteiger partial charge in [0.15, 0.2) is 0 Å². The molecule has 0 aliphatic heterocycles. The fraction of sp³-hybridized carbons (Fsp3) is 0.333. The summed E-state index contributed by atoms with van der Waals surface area (Å²) >= 11 is 0. The molecule has 0 aliphatic rings. The van der Waals surface area contributed by atoms with Crippen molar-refractivity contribution >= 4 is 0 Å². The first-order valence-electron chi connectivity index (χ1n) is 7.86. The number of halogens is 1. The predicted octanol–water partition coefficient (Wildman–Crippen LogP) is 5.99. The second-order valence-electron chi connectivity index (χ2n) is 5.43. The van der Waals surface area contributed by atoms with Gasteiger partial charge in [-0.1, -0.05) is 63.3 Å². The first-order chi connectivity index (χ1) is 10.5. The third kappa shape index (κ3) is 4.46. The second kappa shape index (κ2) is 8.39. The van der Waals surface area contributed by atoms with E-state index in [9.17, 15) is 4.39 Å². The van der Waals surface area contributed by atoms with Crippen LogP contribution in [-0.4, -0.2) is 0 Å². The van der Waals surface area contributed by atoms with Gasteiger partial charge in [-0.15, -0.1) is 0 Å². The van der Waals surface area contributed by atoms with Crippen LogP contribution in [0, 0.1) is 31.5 Å². The molecule has 0 nitrogen and oxygen atoms in total. The molecule has 0 N–H and O–H groups in total. The largest absolute Gasteiger partial charge is 0.205 e. The van der Waals surface area contributed by atoms with Crippen molar-refractivity contribution in [3.8, 4) is 11.8 Å². The first kappa shape index (κ1) is 18.0. The molecule has 116 valence electrons. The van der Waals surface area contributed by atoms with E-state index in [0.29, 0.717) is 5.56 Å². The smallest absolute Gasteiger partial charge is 0.142 e. The van der Waals surface area contributed by atoms with E-state index in [1.807, 2.05) is 71.9 Å². The van der Waals surface area contributed by atoms with Gasteiger partial charge in [0.1, 0.15) is 5.82 Å². The van der Waals surface area contributed by atoms with E-state index in [1.54, 1.807) is 6.07 Å². The van der Waals surface area contributed by atoms with Crippen LogP contribution in [0.4, 0.5) is 4.39 Å². The van der Waals surface area contributed by atoms with Crippen molar-refractivity contribution in [2.45, 2.75) is 47.5 Å². The summed E-state index contributed by atoms with van der Waals surface area (Å²) in [5.41, 5.74) is 4.32. The molecule has 0 saturated heterocycles. The Bertz CT molecular complexity index is 668. The molecule has 1 heteroatoms. The zero-order valence-electron chi connectivity index (χ0n) is 14.4. The van der Waals surface area contributed by atoms with Gasteiger partial charge in [0.2, 0.25) is 0 Å². The number of rotatable bonds is 1. The molecule has 0 radical (unpaired) electrons. The Balaban J connectivity index is 0.00000116. The van der Waals surface area contributed by atoms with Crippen LogP contribution in [0.3, 0.4) is 0 Å². The Hall–Kier alpha value is -2.07. The van der Waals surface area contributed by atoms with E-state index in [2.05, 4.69) is 11.8 Å². The maximum atomic E-state index is 14.4. The zero-order valence-corrected chi connectivity index (χ0v) is 14.4. The van der Waals surface area contributed by atoms with E-state index in [-0.39, 0.29) is 11.7 Å². The van der Waals surface area contributed by atoms with E-state index in [4.69, 9.17) is 0 Å². The van der Waals surface area contributed by atoms with Gasteiger partial charge in [-0.05, 0) is 49.1 Å². The standard InChI is InChI=1S/C19H19F.C2H6/c1-13(2)18-15(4)7-11-17(19(18)20)12-10-16-8-5-14(3)6-9-16;1-2/h5-9,11,13H,1-4H3;1-2H3. The number of hydrogen-bond donors (Lipinski definition) is 0. The molecule has 0 unspecified atom stereocenters. The molecule has 0 aromatic heterocycles. The second-order valence-corrected chi connectivity index (χ2v) is 5.43. The third-order valence-corrected chi connectivity index (χ3v) is 3.37. The molecule has 0 saturated carbocycles. The average Bonchev–Trinajstić information content (AvgIpc) is 2.50. The van der Waals surface area contributed by atoms with Gasteiger partial charge in [-0.25, -0.2) is 4.39 Å². The van der Waals surface area contributed by atoms with E-state index in [1.165, 1.54) is 5.56 Å². The molecule has 0 spiro atoms. The number of benzene rings is 2. The zero-order chi connectivity index (χ0) is 16.7. The van der Waals surface area contributed by atoms with Crippen LogP contribution in [0.2, 0.25) is 0 Å². The highest BCUT2D eigenvalue weighted by Gasteiger charge is 2.12. The van der Waals surface area contributed by atoms with Crippen LogP contribution in [0.1, 0.15) is 61.4 Å². The monoisotopic (exact) mass is 296 g/mol. The minimum Gasteiger partial charge on any atom is -0.205 e. The van der Waals surface area contributed by atoms with Crippen LogP contribution in [0.5, 0.6) is 0 Å². The van der Waals surface area contributed by atoms with Crippen molar-refractivity contribution in [2.75, 3.05) is 0 Å². The van der Waals surface area contributed by atoms with Crippen LogP contribution in [0.15, 0.2) is 36.4 Å². The van der Waals surface area contributed by atoms with Gasteiger partial charge in [0, 0.05) is 5.56 Å². The molecule has 0 amide bonds. The lowest BCUT2D eigenvalue weighted by atomic mass is 9.95. The van der Waals surface area contributed by atoms with Crippen LogP contribution >= 0.6 is 0 Å². The summed E-state index contributed by atoms with van der Waals surface area (Å²) in [5, 5.41) is 0. The minimum atomic E-state index is -0.181. The van der Waals surface area contributed by atoms with E-state index < -0.39 is 0 Å². The van der Waals surface area contributed by atoms with Gasteiger partial charge >= 0.3 is 0 Å². The molecular weight excluding hydrogens is 271 g/mol. The molecule has 0 heterocycles. The lowest BCUT2D eigenvalue weighted by Gasteiger charge is -2.11. The third-order valence-electron chi connectivity index (χ3n) is 3.37. The summed E-state index contributed by atoms with van der Waals surface area (Å²) < 4.78 is 14.4. The average molecular weight is 296 g/mol. The van der Waals surface area contributed by atoms with Crippen LogP contribution < -0.4 is 0 Å². The maximum absolute atomic E-state index is 14.4. The van der Waals surface area contributed by atoms with E-state index in [0.717, 1.165) is 16.7 Å². The van der Waals surface area contributed by atoms with Gasteiger partial charge in [0.05, 0.1) is 5.56 Å². The Labute approximate surface area is 134 Å². The lowest BCUT2D eigenvalue weighted by Crippen LogP contribution is -1.99. The molecule has 0 bridgehead atoms. The van der Waals surface area contributed by atoms with Gasteiger partial charge in [-0.2, -0.15) is 0 Å². The normalized spacial score (nSPS) is 9.64. The molecule has 0 aliphatic carbocycles. The highest BCUT2D eigenvalue weighted by molar-refractivity contribution is 5.47. The lowest BCUT2D eigenvalue weighted by molar-refractivity contribution is 0.592. The fourth-order valence-corrected chi connectivity index (χ4v) is 2.27. The van der Waals surface area contributed by atoms with Gasteiger partial charge in [0.25, 0.3) is 0 Å². The van der Waals surface area contributed by atoms with Crippen LogP contribution in [0.25, 0.3) is 0 Å². The summed E-state index contributed by atoms with van der Waals surface area (Å²) in [7, 11) is 0. The Morgan fingerprint density at radius 2 is 1.45 bits per heavy atom. The topological polar surface area (TPSA) is 0 Å². The van der Waals surface area contributed by atoms with Gasteiger partial charge < -0.3 is 0 Å². The summed E-state index contributed by atoms with van der Waals surface area (Å²) in [6.07, 6.45) is 0. The van der Waals surface area contributed by atoms with Crippen molar-refractivity contribution in [3.63, 3.8) is 0 Å². The Morgan fingerprint density at radius 1 is 0.864 bits per heavy atom. The highest BCUT2D eigenvalue weighted by atomic mass is 19.1.